The van der Waals surface area contributed by atoms with Gasteiger partial charge in [-0.3, -0.25) is 4.79 Å². The average molecular weight is 317 g/mol. The normalized spacial score (nSPS) is 24.3. The van der Waals surface area contributed by atoms with Crippen molar-refractivity contribution in [1.82, 2.24) is 4.90 Å². The molecule has 2 aliphatic rings. The van der Waals surface area contributed by atoms with Crippen LogP contribution in [0.5, 0.6) is 0 Å². The van der Waals surface area contributed by atoms with Crippen LogP contribution in [0.4, 0.5) is 4.79 Å². The fraction of sp³-hybridized carbons (Fsp3) is 0.556. The molecule has 1 aromatic carbocycles. The summed E-state index contributed by atoms with van der Waals surface area (Å²) in [6.07, 6.45) is 1.28. The van der Waals surface area contributed by atoms with Gasteiger partial charge < -0.3 is 14.7 Å². The highest BCUT2D eigenvalue weighted by Gasteiger charge is 2.61. The van der Waals surface area contributed by atoms with Crippen molar-refractivity contribution < 1.29 is 19.4 Å². The largest absolute Gasteiger partial charge is 0.481 e. The van der Waals surface area contributed by atoms with Crippen LogP contribution in [0.1, 0.15) is 32.3 Å². The molecule has 1 saturated carbocycles. The van der Waals surface area contributed by atoms with Crippen LogP contribution in [0.3, 0.4) is 0 Å². The summed E-state index contributed by atoms with van der Waals surface area (Å²) in [6, 6.07) is 9.49. The monoisotopic (exact) mass is 317 g/mol. The zero-order valence-electron chi connectivity index (χ0n) is 13.6. The molecule has 1 spiro atoms. The first-order valence-corrected chi connectivity index (χ1v) is 8.00. The molecule has 124 valence electrons. The molecule has 1 heterocycles. The van der Waals surface area contributed by atoms with Gasteiger partial charge in [-0.15, -0.1) is 0 Å². The van der Waals surface area contributed by atoms with Crippen molar-refractivity contribution in [3.63, 3.8) is 0 Å². The summed E-state index contributed by atoms with van der Waals surface area (Å²) in [4.78, 5) is 25.4. The van der Waals surface area contributed by atoms with Gasteiger partial charge in [0.25, 0.3) is 0 Å². The summed E-state index contributed by atoms with van der Waals surface area (Å²) in [5, 5.41) is 9.51. The van der Waals surface area contributed by atoms with E-state index in [2.05, 4.69) is 13.8 Å². The van der Waals surface area contributed by atoms with Gasteiger partial charge in [-0.2, -0.15) is 0 Å². The van der Waals surface area contributed by atoms with E-state index in [1.54, 1.807) is 4.90 Å². The van der Waals surface area contributed by atoms with Crippen LogP contribution in [0, 0.1) is 16.7 Å². The van der Waals surface area contributed by atoms with Crippen molar-refractivity contribution in [2.45, 2.75) is 33.3 Å². The van der Waals surface area contributed by atoms with E-state index >= 15 is 0 Å². The van der Waals surface area contributed by atoms with Crippen molar-refractivity contribution in [1.29, 1.82) is 0 Å². The van der Waals surface area contributed by atoms with Gasteiger partial charge in [0.2, 0.25) is 0 Å². The van der Waals surface area contributed by atoms with Crippen LogP contribution >= 0.6 is 0 Å². The molecule has 3 rings (SSSR count). The molecule has 0 aromatic heterocycles. The second kappa shape index (κ2) is 5.55. The van der Waals surface area contributed by atoms with Crippen LogP contribution in [-0.2, 0) is 16.1 Å². The summed E-state index contributed by atoms with van der Waals surface area (Å²) >= 11 is 0. The van der Waals surface area contributed by atoms with Crippen LogP contribution in [0.15, 0.2) is 30.3 Å². The molecule has 1 aromatic rings. The van der Waals surface area contributed by atoms with E-state index in [4.69, 9.17) is 4.74 Å². The Labute approximate surface area is 136 Å². The Kier molecular flexibility index (Phi) is 3.82. The number of carboxylic acids is 1. The molecule has 1 amide bonds. The molecule has 0 radical (unpaired) electrons. The number of hydrogen-bond donors (Lipinski definition) is 1. The van der Waals surface area contributed by atoms with Crippen LogP contribution < -0.4 is 0 Å². The molecule has 5 heteroatoms. The van der Waals surface area contributed by atoms with Gasteiger partial charge in [-0.25, -0.2) is 4.79 Å². The van der Waals surface area contributed by atoms with Gasteiger partial charge in [0.05, 0.1) is 5.92 Å². The molecule has 5 nitrogen and oxygen atoms in total. The van der Waals surface area contributed by atoms with Crippen molar-refractivity contribution in [3.05, 3.63) is 35.9 Å². The van der Waals surface area contributed by atoms with E-state index in [0.717, 1.165) is 18.4 Å². The topological polar surface area (TPSA) is 66.8 Å². The predicted octanol–water partition coefficient (Wildman–Crippen LogP) is 3.15. The maximum absolute atomic E-state index is 12.3. The highest BCUT2D eigenvalue weighted by atomic mass is 16.6. The van der Waals surface area contributed by atoms with Crippen molar-refractivity contribution >= 4 is 12.1 Å². The highest BCUT2D eigenvalue weighted by Crippen LogP contribution is 2.60. The Balaban J connectivity index is 1.63. The predicted molar refractivity (Wildman–Crippen MR) is 84.8 cm³/mol. The zero-order valence-corrected chi connectivity index (χ0v) is 13.6. The molecule has 23 heavy (non-hydrogen) atoms. The minimum Gasteiger partial charge on any atom is -0.481 e. The van der Waals surface area contributed by atoms with Crippen LogP contribution in [-0.4, -0.2) is 35.2 Å². The number of ether oxygens (including phenoxy) is 1. The number of hydrogen-bond acceptors (Lipinski definition) is 3. The molecular weight excluding hydrogens is 294 g/mol. The summed E-state index contributed by atoms with van der Waals surface area (Å²) in [7, 11) is 0. The molecule has 1 aliphatic heterocycles. The van der Waals surface area contributed by atoms with Crippen molar-refractivity contribution in [3.8, 4) is 0 Å². The number of carbonyl (C=O) groups excluding carboxylic acids is 1. The molecule has 1 N–H and O–H groups in total. The number of aliphatic carboxylic acids is 1. The number of rotatable bonds is 3. The summed E-state index contributed by atoms with van der Waals surface area (Å²) in [5.74, 6) is -1.29. The first kappa shape index (κ1) is 15.8. The van der Waals surface area contributed by atoms with Gasteiger partial charge in [-0.1, -0.05) is 44.2 Å². The lowest BCUT2D eigenvalue weighted by Gasteiger charge is -2.53. The third-order valence-corrected chi connectivity index (χ3v) is 5.07. The number of carboxylic acid groups (broad SMARTS) is 1. The Morgan fingerprint density at radius 2 is 1.91 bits per heavy atom. The summed E-state index contributed by atoms with van der Waals surface area (Å²) < 4.78 is 5.35. The lowest BCUT2D eigenvalue weighted by molar-refractivity contribution is -0.151. The highest BCUT2D eigenvalue weighted by molar-refractivity contribution is 5.75. The molecule has 1 aliphatic carbocycles. The lowest BCUT2D eigenvalue weighted by atomic mass is 9.51. The number of likely N-dealkylation sites (tertiary alicyclic amines) is 1. The third kappa shape index (κ3) is 3.05. The number of benzene rings is 1. The second-order valence-electron chi connectivity index (χ2n) is 7.69. The summed E-state index contributed by atoms with van der Waals surface area (Å²) in [6.45, 7) is 5.24. The zero-order chi connectivity index (χ0) is 16.7. The molecular formula is C18H23NO4. The quantitative estimate of drug-likeness (QED) is 0.930. The number of carbonyl (C=O) groups is 2. The van der Waals surface area contributed by atoms with E-state index in [1.165, 1.54) is 0 Å². The van der Waals surface area contributed by atoms with E-state index in [1.807, 2.05) is 30.3 Å². The molecule has 1 unspecified atom stereocenters. The maximum Gasteiger partial charge on any atom is 0.410 e. The number of amides is 1. The van der Waals surface area contributed by atoms with Gasteiger partial charge >= 0.3 is 12.1 Å². The Morgan fingerprint density at radius 1 is 1.26 bits per heavy atom. The molecule has 1 atom stereocenters. The van der Waals surface area contributed by atoms with Gasteiger partial charge in [0, 0.05) is 18.5 Å². The first-order valence-electron chi connectivity index (χ1n) is 8.00. The van der Waals surface area contributed by atoms with Crippen LogP contribution in [0.25, 0.3) is 0 Å². The average Bonchev–Trinajstić information content (AvgIpc) is 2.84. The molecule has 0 bridgehead atoms. The lowest BCUT2D eigenvalue weighted by Crippen LogP contribution is -2.50. The maximum atomic E-state index is 12.3. The second-order valence-corrected chi connectivity index (χ2v) is 7.69. The summed E-state index contributed by atoms with van der Waals surface area (Å²) in [5.41, 5.74) is 0.813. The van der Waals surface area contributed by atoms with Crippen LogP contribution in [0.2, 0.25) is 0 Å². The smallest absolute Gasteiger partial charge is 0.410 e. The standard InChI is InChI=1S/C18H23NO4/c1-17(2)10-18(11-17)12-19(8-14(18)15(20)21)16(22)23-9-13-6-4-3-5-7-13/h3-7,14H,8-12H2,1-2H3,(H,20,21). The molecule has 1 saturated heterocycles. The molecule has 2 fully saturated rings. The fourth-order valence-electron chi connectivity index (χ4n) is 4.47. The number of nitrogens with zero attached hydrogens (tertiary/aromatic N) is 1. The first-order chi connectivity index (χ1) is 10.8. The fourth-order valence-corrected chi connectivity index (χ4v) is 4.47. The Morgan fingerprint density at radius 3 is 2.48 bits per heavy atom. The third-order valence-electron chi connectivity index (χ3n) is 5.07. The minimum atomic E-state index is -0.807. The SMILES string of the molecule is CC1(C)CC2(CN(C(=O)OCc3ccccc3)CC2C(=O)O)C1. The Hall–Kier alpha value is -2.04. The Bertz CT molecular complexity index is 603. The van der Waals surface area contributed by atoms with E-state index in [-0.39, 0.29) is 24.0 Å². The van der Waals surface area contributed by atoms with Gasteiger partial charge in [0.15, 0.2) is 0 Å². The van der Waals surface area contributed by atoms with Gasteiger partial charge in [0.1, 0.15) is 6.61 Å². The van der Waals surface area contributed by atoms with Crippen molar-refractivity contribution in [2.24, 2.45) is 16.7 Å². The van der Waals surface area contributed by atoms with E-state index in [0.29, 0.717) is 6.54 Å². The van der Waals surface area contributed by atoms with E-state index in [9.17, 15) is 14.7 Å². The van der Waals surface area contributed by atoms with Gasteiger partial charge in [-0.05, 0) is 23.8 Å². The van der Waals surface area contributed by atoms with Crippen molar-refractivity contribution in [2.75, 3.05) is 13.1 Å². The minimum absolute atomic E-state index is 0.164. The van der Waals surface area contributed by atoms with E-state index < -0.39 is 18.0 Å².